The number of hydrogen-bond acceptors (Lipinski definition) is 6. The zero-order valence-electron chi connectivity index (χ0n) is 13.3. The Morgan fingerprint density at radius 2 is 1.83 bits per heavy atom. The number of benzene rings is 2. The van der Waals surface area contributed by atoms with Crippen molar-refractivity contribution in [2.45, 2.75) is 12.2 Å². The zero-order chi connectivity index (χ0) is 16.7. The molecule has 0 aliphatic carbocycles. The van der Waals surface area contributed by atoms with Gasteiger partial charge in [-0.2, -0.15) is 0 Å². The van der Waals surface area contributed by atoms with Gasteiger partial charge in [0.15, 0.2) is 23.4 Å². The van der Waals surface area contributed by atoms with Crippen LogP contribution >= 0.6 is 0 Å². The Bertz CT molecular complexity index is 786. The number of carbonyl (C=O) groups excluding carboxylic acids is 1. The van der Waals surface area contributed by atoms with Gasteiger partial charge in [-0.05, 0) is 6.07 Å². The first-order valence-corrected chi connectivity index (χ1v) is 7.53. The van der Waals surface area contributed by atoms with Crippen LogP contribution in [0.3, 0.4) is 0 Å². The third-order valence-electron chi connectivity index (χ3n) is 4.13. The van der Waals surface area contributed by atoms with E-state index in [0.29, 0.717) is 34.1 Å². The van der Waals surface area contributed by atoms with Crippen molar-refractivity contribution >= 4 is 5.78 Å². The van der Waals surface area contributed by atoms with Crippen LogP contribution < -0.4 is 18.9 Å². The molecule has 0 amide bonds. The van der Waals surface area contributed by atoms with Crippen molar-refractivity contribution in [2.75, 3.05) is 21.0 Å². The molecule has 6 nitrogen and oxygen atoms in total. The van der Waals surface area contributed by atoms with E-state index in [9.17, 15) is 4.79 Å². The lowest BCUT2D eigenvalue weighted by Gasteiger charge is -2.12. The SMILES string of the molecule is COc1cc(C2OC2C(=O)c2ccccc2)c(OC)c2c1OCO2. The second-order valence-corrected chi connectivity index (χ2v) is 5.47. The summed E-state index contributed by atoms with van der Waals surface area (Å²) in [4.78, 5) is 12.5. The number of methoxy groups -OCH3 is 2. The van der Waals surface area contributed by atoms with Crippen molar-refractivity contribution in [1.82, 2.24) is 0 Å². The molecule has 2 unspecified atom stereocenters. The summed E-state index contributed by atoms with van der Waals surface area (Å²) in [6, 6.07) is 10.9. The molecule has 24 heavy (non-hydrogen) atoms. The highest BCUT2D eigenvalue weighted by Crippen LogP contribution is 2.55. The Hall–Kier alpha value is -2.73. The normalized spacial score (nSPS) is 20.6. The molecule has 2 aliphatic rings. The highest BCUT2D eigenvalue weighted by Gasteiger charge is 2.49. The standard InChI is InChI=1S/C18H16O6/c1-20-12-8-11(14(21-2)18-16(12)22-9-23-18)15-17(24-15)13(19)10-6-4-3-5-7-10/h3-8,15,17H,9H2,1-2H3. The lowest BCUT2D eigenvalue weighted by atomic mass is 10.0. The highest BCUT2D eigenvalue weighted by molar-refractivity contribution is 6.01. The molecule has 6 heteroatoms. The summed E-state index contributed by atoms with van der Waals surface area (Å²) in [6.45, 7) is 0.101. The summed E-state index contributed by atoms with van der Waals surface area (Å²) < 4.78 is 27.4. The van der Waals surface area contributed by atoms with Gasteiger partial charge in [0.05, 0.1) is 14.2 Å². The molecule has 2 aromatic rings. The molecular weight excluding hydrogens is 312 g/mol. The Labute approximate surface area is 138 Å². The minimum atomic E-state index is -0.536. The average Bonchev–Trinajstić information content (AvgIpc) is 3.28. The zero-order valence-corrected chi connectivity index (χ0v) is 13.3. The van der Waals surface area contributed by atoms with Crippen molar-refractivity contribution in [3.63, 3.8) is 0 Å². The van der Waals surface area contributed by atoms with Crippen LogP contribution in [-0.2, 0) is 4.74 Å². The van der Waals surface area contributed by atoms with Crippen LogP contribution in [0.5, 0.6) is 23.0 Å². The number of carbonyl (C=O) groups is 1. The van der Waals surface area contributed by atoms with E-state index < -0.39 is 12.2 Å². The summed E-state index contributed by atoms with van der Waals surface area (Å²) in [6.07, 6.45) is -0.928. The first-order chi connectivity index (χ1) is 11.7. The number of Topliss-reactive ketones (excluding diaryl/α,β-unsaturated/α-hetero) is 1. The number of ether oxygens (including phenoxy) is 5. The van der Waals surface area contributed by atoms with Gasteiger partial charge >= 0.3 is 0 Å². The number of epoxide rings is 1. The molecule has 4 rings (SSSR count). The van der Waals surface area contributed by atoms with E-state index in [1.165, 1.54) is 0 Å². The van der Waals surface area contributed by atoms with Gasteiger partial charge < -0.3 is 23.7 Å². The van der Waals surface area contributed by atoms with Gasteiger partial charge in [-0.15, -0.1) is 0 Å². The summed E-state index contributed by atoms with van der Waals surface area (Å²) in [5.74, 6) is 1.97. The van der Waals surface area contributed by atoms with E-state index in [4.69, 9.17) is 23.7 Å². The van der Waals surface area contributed by atoms with Gasteiger partial charge in [-0.3, -0.25) is 4.79 Å². The minimum absolute atomic E-state index is 0.0562. The van der Waals surface area contributed by atoms with E-state index in [-0.39, 0.29) is 12.6 Å². The van der Waals surface area contributed by atoms with Crippen LogP contribution in [0.25, 0.3) is 0 Å². The molecule has 124 valence electrons. The maximum atomic E-state index is 12.5. The molecule has 2 aliphatic heterocycles. The molecule has 0 aromatic heterocycles. The van der Waals surface area contributed by atoms with E-state index in [0.717, 1.165) is 0 Å². The van der Waals surface area contributed by atoms with Crippen molar-refractivity contribution in [3.05, 3.63) is 47.5 Å². The highest BCUT2D eigenvalue weighted by atomic mass is 16.7. The van der Waals surface area contributed by atoms with E-state index >= 15 is 0 Å². The third-order valence-corrected chi connectivity index (χ3v) is 4.13. The van der Waals surface area contributed by atoms with Crippen molar-refractivity contribution in [1.29, 1.82) is 0 Å². The van der Waals surface area contributed by atoms with Crippen LogP contribution in [0.15, 0.2) is 36.4 Å². The van der Waals surface area contributed by atoms with Gasteiger partial charge in [-0.25, -0.2) is 0 Å². The fourth-order valence-electron chi connectivity index (χ4n) is 2.92. The fraction of sp³-hybridized carbons (Fsp3) is 0.278. The molecule has 1 saturated heterocycles. The topological polar surface area (TPSA) is 66.5 Å². The Morgan fingerprint density at radius 3 is 2.54 bits per heavy atom. The van der Waals surface area contributed by atoms with Gasteiger partial charge in [-0.1, -0.05) is 30.3 Å². The molecule has 1 fully saturated rings. The molecule has 2 aromatic carbocycles. The maximum absolute atomic E-state index is 12.5. The smallest absolute Gasteiger partial charge is 0.231 e. The maximum Gasteiger partial charge on any atom is 0.231 e. The van der Waals surface area contributed by atoms with E-state index in [1.807, 2.05) is 18.2 Å². The second-order valence-electron chi connectivity index (χ2n) is 5.47. The Morgan fingerprint density at radius 1 is 1.08 bits per heavy atom. The molecule has 2 atom stereocenters. The van der Waals surface area contributed by atoms with E-state index in [1.54, 1.807) is 32.4 Å². The molecule has 0 spiro atoms. The fourth-order valence-corrected chi connectivity index (χ4v) is 2.92. The molecule has 2 heterocycles. The minimum Gasteiger partial charge on any atom is -0.493 e. The average molecular weight is 328 g/mol. The van der Waals surface area contributed by atoms with Crippen molar-refractivity contribution in [3.8, 4) is 23.0 Å². The van der Waals surface area contributed by atoms with Crippen LogP contribution in [0.1, 0.15) is 22.0 Å². The first-order valence-electron chi connectivity index (χ1n) is 7.53. The molecular formula is C18H16O6. The van der Waals surface area contributed by atoms with Crippen LogP contribution in [0.4, 0.5) is 0 Å². The predicted molar refractivity (Wildman–Crippen MR) is 84.1 cm³/mol. The molecule has 0 saturated carbocycles. The Kier molecular flexibility index (Phi) is 3.54. The largest absolute Gasteiger partial charge is 0.493 e. The van der Waals surface area contributed by atoms with Crippen LogP contribution in [0, 0.1) is 0 Å². The van der Waals surface area contributed by atoms with Gasteiger partial charge in [0.2, 0.25) is 18.3 Å². The monoisotopic (exact) mass is 328 g/mol. The summed E-state index contributed by atoms with van der Waals surface area (Å²) >= 11 is 0. The van der Waals surface area contributed by atoms with Gasteiger partial charge in [0.1, 0.15) is 6.10 Å². The number of ketones is 1. The number of fused-ring (bicyclic) bond motifs is 1. The number of hydrogen-bond donors (Lipinski definition) is 0. The lowest BCUT2D eigenvalue weighted by Crippen LogP contribution is -2.08. The second kappa shape index (κ2) is 5.72. The van der Waals surface area contributed by atoms with E-state index in [2.05, 4.69) is 0 Å². The number of rotatable bonds is 5. The lowest BCUT2D eigenvalue weighted by molar-refractivity contribution is 0.0953. The third kappa shape index (κ3) is 2.27. The molecule has 0 N–H and O–H groups in total. The predicted octanol–water partition coefficient (Wildman–Crippen LogP) is 2.76. The molecule has 0 bridgehead atoms. The first kappa shape index (κ1) is 14.8. The van der Waals surface area contributed by atoms with Crippen molar-refractivity contribution in [2.24, 2.45) is 0 Å². The Balaban J connectivity index is 1.67. The molecule has 0 radical (unpaired) electrons. The summed E-state index contributed by atoms with van der Waals surface area (Å²) in [7, 11) is 3.09. The quantitative estimate of drug-likeness (QED) is 0.621. The summed E-state index contributed by atoms with van der Waals surface area (Å²) in [5.41, 5.74) is 1.34. The van der Waals surface area contributed by atoms with Crippen LogP contribution in [-0.4, -0.2) is 32.9 Å². The van der Waals surface area contributed by atoms with Crippen LogP contribution in [0.2, 0.25) is 0 Å². The van der Waals surface area contributed by atoms with Gasteiger partial charge in [0, 0.05) is 11.1 Å². The van der Waals surface area contributed by atoms with Crippen molar-refractivity contribution < 1.29 is 28.5 Å². The van der Waals surface area contributed by atoms with Gasteiger partial charge in [0.25, 0.3) is 0 Å². The summed E-state index contributed by atoms with van der Waals surface area (Å²) in [5, 5.41) is 0.